The van der Waals surface area contributed by atoms with E-state index in [0.717, 1.165) is 0 Å². The second kappa shape index (κ2) is 5.04. The third-order valence-corrected chi connectivity index (χ3v) is 1.65. The van der Waals surface area contributed by atoms with Crippen LogP contribution < -0.4 is 16.6 Å². The van der Waals surface area contributed by atoms with Crippen molar-refractivity contribution in [1.29, 1.82) is 0 Å². The highest BCUT2D eigenvalue weighted by Gasteiger charge is 1.94. The molecule has 0 saturated carbocycles. The Bertz CT molecular complexity index is 438. The van der Waals surface area contributed by atoms with Gasteiger partial charge in [0.2, 0.25) is 0 Å². The zero-order chi connectivity index (χ0) is 10.4. The van der Waals surface area contributed by atoms with Crippen molar-refractivity contribution in [2.24, 2.45) is 0 Å². The van der Waals surface area contributed by atoms with Gasteiger partial charge in [-0.3, -0.25) is 14.3 Å². The summed E-state index contributed by atoms with van der Waals surface area (Å²) >= 11 is 0. The summed E-state index contributed by atoms with van der Waals surface area (Å²) in [6.07, 6.45) is 6.49. The van der Waals surface area contributed by atoms with Crippen LogP contribution >= 0.6 is 0 Å². The van der Waals surface area contributed by atoms with Crippen molar-refractivity contribution in [3.63, 3.8) is 0 Å². The van der Waals surface area contributed by atoms with Crippen LogP contribution in [0, 0.1) is 12.3 Å². The first kappa shape index (κ1) is 10.3. The first-order valence-corrected chi connectivity index (χ1v) is 4.18. The maximum atomic E-state index is 11.1. The van der Waals surface area contributed by atoms with Gasteiger partial charge in [-0.2, -0.15) is 0 Å². The van der Waals surface area contributed by atoms with Crippen LogP contribution in [-0.2, 0) is 6.54 Å². The highest BCUT2D eigenvalue weighted by molar-refractivity contribution is 4.87. The average Bonchev–Trinajstić information content (AvgIpc) is 2.15. The molecule has 0 saturated heterocycles. The smallest absolute Gasteiger partial charge is 0.304 e. The van der Waals surface area contributed by atoms with Gasteiger partial charge in [-0.05, 0) is 0 Å². The van der Waals surface area contributed by atoms with Crippen molar-refractivity contribution < 1.29 is 0 Å². The van der Waals surface area contributed by atoms with E-state index in [4.69, 9.17) is 6.42 Å². The molecule has 74 valence electrons. The first-order valence-electron chi connectivity index (χ1n) is 4.18. The normalized spacial score (nSPS) is 9.64. The Hall–Kier alpha value is -1.80. The minimum atomic E-state index is -0.403. The van der Waals surface area contributed by atoms with E-state index in [1.54, 1.807) is 0 Å². The predicted octanol–water partition coefficient (Wildman–Crippen LogP) is -1.24. The van der Waals surface area contributed by atoms with Crippen LogP contribution in [0.1, 0.15) is 0 Å². The SMILES string of the molecule is C#CCNCCn1ccc(=O)[nH]c1=O. The van der Waals surface area contributed by atoms with E-state index in [2.05, 4.69) is 16.2 Å². The van der Waals surface area contributed by atoms with Gasteiger partial charge >= 0.3 is 5.69 Å². The summed E-state index contributed by atoms with van der Waals surface area (Å²) in [6.45, 7) is 1.55. The lowest BCUT2D eigenvalue weighted by Gasteiger charge is -2.03. The second-order valence-electron chi connectivity index (χ2n) is 2.68. The van der Waals surface area contributed by atoms with Crippen LogP contribution in [-0.4, -0.2) is 22.6 Å². The molecule has 1 aromatic heterocycles. The quantitative estimate of drug-likeness (QED) is 0.464. The summed E-state index contributed by atoms with van der Waals surface area (Å²) < 4.78 is 1.41. The van der Waals surface area contributed by atoms with E-state index in [-0.39, 0.29) is 5.56 Å². The van der Waals surface area contributed by atoms with Crippen LogP contribution in [0.4, 0.5) is 0 Å². The Balaban J connectivity index is 2.56. The van der Waals surface area contributed by atoms with Crippen LogP contribution in [0.15, 0.2) is 21.9 Å². The molecule has 0 atom stereocenters. The Labute approximate surface area is 80.8 Å². The summed E-state index contributed by atoms with van der Waals surface area (Å²) in [5.74, 6) is 2.42. The summed E-state index contributed by atoms with van der Waals surface area (Å²) in [7, 11) is 0. The number of H-pyrrole nitrogens is 1. The number of nitrogens with one attached hydrogen (secondary N) is 2. The van der Waals surface area contributed by atoms with Gasteiger partial charge in [-0.15, -0.1) is 6.42 Å². The van der Waals surface area contributed by atoms with Crippen molar-refractivity contribution in [3.8, 4) is 12.3 Å². The number of aromatic amines is 1. The standard InChI is InChI=1S/C9H11N3O2/c1-2-4-10-5-7-12-6-3-8(13)11-9(12)14/h1,3,6,10H,4-5,7H2,(H,11,13,14). The maximum Gasteiger partial charge on any atom is 0.328 e. The zero-order valence-corrected chi connectivity index (χ0v) is 7.62. The maximum absolute atomic E-state index is 11.1. The van der Waals surface area contributed by atoms with Gasteiger partial charge in [-0.25, -0.2) is 4.79 Å². The molecule has 0 aliphatic heterocycles. The zero-order valence-electron chi connectivity index (χ0n) is 7.62. The number of rotatable bonds is 4. The largest absolute Gasteiger partial charge is 0.328 e. The molecule has 0 aliphatic rings. The van der Waals surface area contributed by atoms with Crippen molar-refractivity contribution in [1.82, 2.24) is 14.9 Å². The molecule has 0 spiro atoms. The summed E-state index contributed by atoms with van der Waals surface area (Å²) in [6, 6.07) is 1.31. The number of nitrogens with zero attached hydrogens (tertiary/aromatic N) is 1. The third kappa shape index (κ3) is 2.92. The Kier molecular flexibility index (Phi) is 3.70. The van der Waals surface area contributed by atoms with Gasteiger partial charge in [0.1, 0.15) is 0 Å². The van der Waals surface area contributed by atoms with E-state index < -0.39 is 5.69 Å². The molecule has 0 aromatic carbocycles. The fourth-order valence-corrected chi connectivity index (χ4v) is 0.980. The van der Waals surface area contributed by atoms with E-state index in [0.29, 0.717) is 19.6 Å². The van der Waals surface area contributed by atoms with Gasteiger partial charge in [0.05, 0.1) is 6.54 Å². The number of hydrogen-bond donors (Lipinski definition) is 2. The van der Waals surface area contributed by atoms with Crippen LogP contribution in [0.5, 0.6) is 0 Å². The molecule has 1 heterocycles. The molecule has 0 amide bonds. The molecule has 0 unspecified atom stereocenters. The van der Waals surface area contributed by atoms with Crippen molar-refractivity contribution in [3.05, 3.63) is 33.1 Å². The van der Waals surface area contributed by atoms with Gasteiger partial charge in [0.25, 0.3) is 5.56 Å². The lowest BCUT2D eigenvalue weighted by Crippen LogP contribution is -2.32. The van der Waals surface area contributed by atoms with E-state index in [1.165, 1.54) is 16.8 Å². The second-order valence-corrected chi connectivity index (χ2v) is 2.68. The van der Waals surface area contributed by atoms with Crippen LogP contribution in [0.25, 0.3) is 0 Å². The minimum absolute atomic E-state index is 0.386. The van der Waals surface area contributed by atoms with E-state index in [9.17, 15) is 9.59 Å². The van der Waals surface area contributed by atoms with Crippen molar-refractivity contribution >= 4 is 0 Å². The third-order valence-electron chi connectivity index (χ3n) is 1.65. The highest BCUT2D eigenvalue weighted by Crippen LogP contribution is 1.74. The molecule has 2 N–H and O–H groups in total. The summed E-state index contributed by atoms with van der Waals surface area (Å²) in [4.78, 5) is 24.0. The Morgan fingerprint density at radius 2 is 2.36 bits per heavy atom. The van der Waals surface area contributed by atoms with Crippen molar-refractivity contribution in [2.75, 3.05) is 13.1 Å². The van der Waals surface area contributed by atoms with Gasteiger partial charge in [-0.1, -0.05) is 5.92 Å². The predicted molar refractivity (Wildman–Crippen MR) is 53.0 cm³/mol. The summed E-state index contributed by atoms with van der Waals surface area (Å²) in [5, 5.41) is 2.94. The lowest BCUT2D eigenvalue weighted by molar-refractivity contribution is 0.598. The molecule has 14 heavy (non-hydrogen) atoms. The molecule has 5 heteroatoms. The molecule has 0 aliphatic carbocycles. The number of aromatic nitrogens is 2. The molecule has 5 nitrogen and oxygen atoms in total. The average molecular weight is 193 g/mol. The van der Waals surface area contributed by atoms with E-state index in [1.807, 2.05) is 0 Å². The van der Waals surface area contributed by atoms with Gasteiger partial charge in [0, 0.05) is 25.4 Å². The topological polar surface area (TPSA) is 66.9 Å². The minimum Gasteiger partial charge on any atom is -0.304 e. The van der Waals surface area contributed by atoms with Gasteiger partial charge in [0.15, 0.2) is 0 Å². The molecule has 0 fully saturated rings. The Morgan fingerprint density at radius 1 is 1.57 bits per heavy atom. The fourth-order valence-electron chi connectivity index (χ4n) is 0.980. The molecular formula is C9H11N3O2. The first-order chi connectivity index (χ1) is 6.74. The monoisotopic (exact) mass is 193 g/mol. The molecular weight excluding hydrogens is 182 g/mol. The molecule has 1 aromatic rings. The molecule has 0 radical (unpaired) electrons. The van der Waals surface area contributed by atoms with Crippen molar-refractivity contribution in [2.45, 2.75) is 6.54 Å². The fraction of sp³-hybridized carbons (Fsp3) is 0.333. The Morgan fingerprint density at radius 3 is 3.00 bits per heavy atom. The van der Waals surface area contributed by atoms with Crippen LogP contribution in [0.3, 0.4) is 0 Å². The number of terminal acetylenes is 1. The van der Waals surface area contributed by atoms with Gasteiger partial charge < -0.3 is 5.32 Å². The highest BCUT2D eigenvalue weighted by atomic mass is 16.2. The van der Waals surface area contributed by atoms with E-state index >= 15 is 0 Å². The molecule has 0 bridgehead atoms. The molecule has 1 rings (SSSR count). The summed E-state index contributed by atoms with van der Waals surface area (Å²) in [5.41, 5.74) is -0.789. The van der Waals surface area contributed by atoms with Crippen LogP contribution in [0.2, 0.25) is 0 Å². The lowest BCUT2D eigenvalue weighted by atomic mass is 10.5. The number of hydrogen-bond acceptors (Lipinski definition) is 3.